The second-order valence-corrected chi connectivity index (χ2v) is 7.37. The molecule has 0 N–H and O–H groups in total. The highest BCUT2D eigenvalue weighted by Gasteiger charge is 2.55. The average Bonchev–Trinajstić information content (AvgIpc) is 3.40. The van der Waals surface area contributed by atoms with Crippen LogP contribution in [-0.4, -0.2) is 49.2 Å². The van der Waals surface area contributed by atoms with Crippen molar-refractivity contribution < 1.29 is 9.53 Å². The Kier molecular flexibility index (Phi) is 3.60. The van der Waals surface area contributed by atoms with Gasteiger partial charge in [0.15, 0.2) is 0 Å². The zero-order valence-electron chi connectivity index (χ0n) is 14.1. The zero-order chi connectivity index (χ0) is 16.0. The van der Waals surface area contributed by atoms with E-state index in [4.69, 9.17) is 4.74 Å². The third kappa shape index (κ3) is 2.44. The SMILES string of the molecule is COC1CN(c2ccc(C)cc2)C12CCN(C(=O)C1CC1)CC2. The summed E-state index contributed by atoms with van der Waals surface area (Å²) in [6, 6.07) is 8.78. The van der Waals surface area contributed by atoms with Crippen LogP contribution in [0.15, 0.2) is 24.3 Å². The number of piperidine rings is 1. The molecule has 3 aliphatic rings. The first kappa shape index (κ1) is 15.0. The Morgan fingerprint density at radius 3 is 2.39 bits per heavy atom. The fourth-order valence-corrected chi connectivity index (χ4v) is 4.25. The summed E-state index contributed by atoms with van der Waals surface area (Å²) in [5, 5.41) is 0. The van der Waals surface area contributed by atoms with E-state index in [-0.39, 0.29) is 11.6 Å². The minimum Gasteiger partial charge on any atom is -0.377 e. The van der Waals surface area contributed by atoms with Crippen molar-refractivity contribution in [3.63, 3.8) is 0 Å². The first-order chi connectivity index (χ1) is 11.1. The first-order valence-electron chi connectivity index (χ1n) is 8.80. The lowest BCUT2D eigenvalue weighted by molar-refractivity contribution is -0.136. The first-order valence-corrected chi connectivity index (χ1v) is 8.80. The second kappa shape index (κ2) is 5.52. The van der Waals surface area contributed by atoms with E-state index in [0.29, 0.717) is 11.8 Å². The van der Waals surface area contributed by atoms with Crippen LogP contribution in [-0.2, 0) is 9.53 Å². The number of hydrogen-bond donors (Lipinski definition) is 0. The van der Waals surface area contributed by atoms with E-state index < -0.39 is 0 Å². The van der Waals surface area contributed by atoms with Crippen molar-refractivity contribution in [1.82, 2.24) is 4.90 Å². The normalized spacial score (nSPS) is 26.3. The third-order valence-electron chi connectivity index (χ3n) is 5.98. The summed E-state index contributed by atoms with van der Waals surface area (Å²) in [6.45, 7) is 4.82. The largest absolute Gasteiger partial charge is 0.377 e. The van der Waals surface area contributed by atoms with Crippen LogP contribution in [0.3, 0.4) is 0 Å². The number of hydrogen-bond acceptors (Lipinski definition) is 3. The average molecular weight is 314 g/mol. The Labute approximate surface area is 138 Å². The summed E-state index contributed by atoms with van der Waals surface area (Å²) < 4.78 is 5.77. The lowest BCUT2D eigenvalue weighted by Crippen LogP contribution is -2.74. The number of benzene rings is 1. The number of methoxy groups -OCH3 is 1. The molecular formula is C19H26N2O2. The molecule has 0 bridgehead atoms. The maximum absolute atomic E-state index is 12.3. The van der Waals surface area contributed by atoms with E-state index >= 15 is 0 Å². The van der Waals surface area contributed by atoms with E-state index in [0.717, 1.165) is 45.3 Å². The molecule has 1 atom stereocenters. The van der Waals surface area contributed by atoms with Crippen LogP contribution in [0.2, 0.25) is 0 Å². The van der Waals surface area contributed by atoms with Gasteiger partial charge in [-0.3, -0.25) is 4.79 Å². The lowest BCUT2D eigenvalue weighted by Gasteiger charge is -2.61. The van der Waals surface area contributed by atoms with Gasteiger partial charge in [-0.25, -0.2) is 0 Å². The molecular weight excluding hydrogens is 288 g/mol. The molecule has 4 rings (SSSR count). The van der Waals surface area contributed by atoms with Crippen LogP contribution in [0.4, 0.5) is 5.69 Å². The third-order valence-corrected chi connectivity index (χ3v) is 5.98. The number of ether oxygens (including phenoxy) is 1. The second-order valence-electron chi connectivity index (χ2n) is 7.37. The van der Waals surface area contributed by atoms with Gasteiger partial charge in [-0.2, -0.15) is 0 Å². The highest BCUT2D eigenvalue weighted by Crippen LogP contribution is 2.45. The van der Waals surface area contributed by atoms with Crippen LogP contribution >= 0.6 is 0 Å². The van der Waals surface area contributed by atoms with E-state index in [2.05, 4.69) is 41.0 Å². The Bertz CT molecular complexity index is 586. The van der Waals surface area contributed by atoms with Gasteiger partial charge in [0, 0.05) is 38.3 Å². The quantitative estimate of drug-likeness (QED) is 0.860. The Morgan fingerprint density at radius 1 is 1.17 bits per heavy atom. The molecule has 2 aliphatic heterocycles. The van der Waals surface area contributed by atoms with Crippen molar-refractivity contribution in [3.8, 4) is 0 Å². The molecule has 124 valence electrons. The number of carbonyl (C=O) groups is 1. The number of carbonyl (C=O) groups excluding carboxylic acids is 1. The van der Waals surface area contributed by atoms with Crippen LogP contribution in [0, 0.1) is 12.8 Å². The van der Waals surface area contributed by atoms with Gasteiger partial charge in [-0.05, 0) is 44.7 Å². The molecule has 4 nitrogen and oxygen atoms in total. The van der Waals surface area contributed by atoms with Crippen molar-refractivity contribution in [2.45, 2.75) is 44.2 Å². The fourth-order valence-electron chi connectivity index (χ4n) is 4.25. The van der Waals surface area contributed by atoms with Crippen molar-refractivity contribution in [2.75, 3.05) is 31.6 Å². The predicted molar refractivity (Wildman–Crippen MR) is 90.6 cm³/mol. The predicted octanol–water partition coefficient (Wildman–Crippen LogP) is 2.60. The molecule has 1 aromatic carbocycles. The van der Waals surface area contributed by atoms with Crippen LogP contribution in [0.1, 0.15) is 31.2 Å². The number of anilines is 1. The summed E-state index contributed by atoms with van der Waals surface area (Å²) in [6.07, 6.45) is 4.49. The van der Waals surface area contributed by atoms with Crippen LogP contribution < -0.4 is 4.90 Å². The Hall–Kier alpha value is -1.55. The number of likely N-dealkylation sites (tertiary alicyclic amines) is 1. The lowest BCUT2D eigenvalue weighted by atomic mass is 9.73. The minimum absolute atomic E-state index is 0.0737. The van der Waals surface area contributed by atoms with E-state index in [1.54, 1.807) is 0 Å². The summed E-state index contributed by atoms with van der Waals surface area (Å²) in [7, 11) is 1.82. The summed E-state index contributed by atoms with van der Waals surface area (Å²) >= 11 is 0. The molecule has 2 heterocycles. The molecule has 1 saturated carbocycles. The van der Waals surface area contributed by atoms with E-state index in [9.17, 15) is 4.79 Å². The molecule has 3 fully saturated rings. The molecule has 23 heavy (non-hydrogen) atoms. The van der Waals surface area contributed by atoms with Gasteiger partial charge in [0.2, 0.25) is 5.91 Å². The molecule has 1 aliphatic carbocycles. The molecule has 1 spiro atoms. The highest BCUT2D eigenvalue weighted by molar-refractivity contribution is 5.81. The van der Waals surface area contributed by atoms with Crippen LogP contribution in [0.25, 0.3) is 0 Å². The fraction of sp³-hybridized carbons (Fsp3) is 0.632. The standard InChI is InChI=1S/C19H26N2O2/c1-14-3-7-16(8-4-14)21-13-17(23-2)19(21)9-11-20(12-10-19)18(22)15-5-6-15/h3-4,7-8,15,17H,5-6,9-13H2,1-2H3. The van der Waals surface area contributed by atoms with Crippen molar-refractivity contribution in [3.05, 3.63) is 29.8 Å². The molecule has 0 aromatic heterocycles. The number of rotatable bonds is 3. The topological polar surface area (TPSA) is 32.8 Å². The minimum atomic E-state index is 0.0737. The molecule has 1 aromatic rings. The zero-order valence-corrected chi connectivity index (χ0v) is 14.1. The van der Waals surface area contributed by atoms with Gasteiger partial charge in [0.1, 0.15) is 0 Å². The van der Waals surface area contributed by atoms with E-state index in [1.165, 1.54) is 11.3 Å². The van der Waals surface area contributed by atoms with Crippen molar-refractivity contribution in [2.24, 2.45) is 5.92 Å². The van der Waals surface area contributed by atoms with Gasteiger partial charge in [0.25, 0.3) is 0 Å². The molecule has 0 radical (unpaired) electrons. The molecule has 1 unspecified atom stereocenters. The summed E-state index contributed by atoms with van der Waals surface area (Å²) in [5.74, 6) is 0.715. The maximum Gasteiger partial charge on any atom is 0.225 e. The summed E-state index contributed by atoms with van der Waals surface area (Å²) in [5.41, 5.74) is 2.65. The summed E-state index contributed by atoms with van der Waals surface area (Å²) in [4.78, 5) is 16.9. The Balaban J connectivity index is 1.50. The molecule has 2 saturated heterocycles. The number of amides is 1. The van der Waals surface area contributed by atoms with Gasteiger partial charge in [-0.15, -0.1) is 0 Å². The number of nitrogens with zero attached hydrogens (tertiary/aromatic N) is 2. The van der Waals surface area contributed by atoms with Gasteiger partial charge in [-0.1, -0.05) is 17.7 Å². The van der Waals surface area contributed by atoms with Crippen molar-refractivity contribution >= 4 is 11.6 Å². The molecule has 1 amide bonds. The smallest absolute Gasteiger partial charge is 0.225 e. The van der Waals surface area contributed by atoms with Crippen LogP contribution in [0.5, 0.6) is 0 Å². The Morgan fingerprint density at radius 2 is 1.83 bits per heavy atom. The highest BCUT2D eigenvalue weighted by atomic mass is 16.5. The van der Waals surface area contributed by atoms with Gasteiger partial charge >= 0.3 is 0 Å². The monoisotopic (exact) mass is 314 g/mol. The maximum atomic E-state index is 12.3. The number of aryl methyl sites for hydroxylation is 1. The molecule has 4 heteroatoms. The van der Waals surface area contributed by atoms with Gasteiger partial charge in [0.05, 0.1) is 11.6 Å². The van der Waals surface area contributed by atoms with E-state index in [1.807, 2.05) is 7.11 Å². The van der Waals surface area contributed by atoms with Crippen molar-refractivity contribution in [1.29, 1.82) is 0 Å². The van der Waals surface area contributed by atoms with Gasteiger partial charge < -0.3 is 14.5 Å².